The molecule has 1 aliphatic rings. The molecule has 1 saturated carbocycles. The van der Waals surface area contributed by atoms with Crippen molar-refractivity contribution in [2.24, 2.45) is 0 Å². The molecule has 0 spiro atoms. The minimum atomic E-state index is -0.138. The Labute approximate surface area is 92.0 Å². The SMILES string of the molecule is C#CCNC(=O)C(C)NC1CCCCC1. The van der Waals surface area contributed by atoms with Gasteiger partial charge in [0.25, 0.3) is 0 Å². The Morgan fingerprint density at radius 3 is 2.73 bits per heavy atom. The van der Waals surface area contributed by atoms with Gasteiger partial charge in [-0.25, -0.2) is 0 Å². The summed E-state index contributed by atoms with van der Waals surface area (Å²) in [6.45, 7) is 2.20. The topological polar surface area (TPSA) is 41.1 Å². The van der Waals surface area contributed by atoms with Crippen LogP contribution in [0.4, 0.5) is 0 Å². The van der Waals surface area contributed by atoms with Crippen molar-refractivity contribution in [1.82, 2.24) is 10.6 Å². The van der Waals surface area contributed by atoms with E-state index in [-0.39, 0.29) is 11.9 Å². The summed E-state index contributed by atoms with van der Waals surface area (Å²) >= 11 is 0. The first-order chi connectivity index (χ1) is 7.24. The van der Waals surface area contributed by atoms with E-state index in [1.165, 1.54) is 32.1 Å². The molecular formula is C12H20N2O. The van der Waals surface area contributed by atoms with Crippen LogP contribution < -0.4 is 10.6 Å². The van der Waals surface area contributed by atoms with Gasteiger partial charge in [-0.05, 0) is 19.8 Å². The second kappa shape index (κ2) is 6.47. The predicted molar refractivity (Wildman–Crippen MR) is 61.3 cm³/mol. The Hall–Kier alpha value is -1.01. The highest BCUT2D eigenvalue weighted by Gasteiger charge is 2.18. The van der Waals surface area contributed by atoms with E-state index in [4.69, 9.17) is 6.42 Å². The van der Waals surface area contributed by atoms with E-state index in [0.717, 1.165) is 0 Å². The highest BCUT2D eigenvalue weighted by atomic mass is 16.2. The van der Waals surface area contributed by atoms with Crippen molar-refractivity contribution in [2.75, 3.05) is 6.54 Å². The van der Waals surface area contributed by atoms with Crippen molar-refractivity contribution in [1.29, 1.82) is 0 Å². The Morgan fingerprint density at radius 1 is 1.47 bits per heavy atom. The van der Waals surface area contributed by atoms with Crippen molar-refractivity contribution in [2.45, 2.75) is 51.1 Å². The van der Waals surface area contributed by atoms with Crippen LogP contribution >= 0.6 is 0 Å². The van der Waals surface area contributed by atoms with Crippen LogP contribution in [0, 0.1) is 12.3 Å². The first-order valence-electron chi connectivity index (χ1n) is 5.71. The molecule has 3 nitrogen and oxygen atoms in total. The molecule has 1 fully saturated rings. The fourth-order valence-electron chi connectivity index (χ4n) is 1.99. The Balaban J connectivity index is 2.24. The van der Waals surface area contributed by atoms with Gasteiger partial charge in [-0.3, -0.25) is 4.79 Å². The van der Waals surface area contributed by atoms with Crippen molar-refractivity contribution in [3.63, 3.8) is 0 Å². The van der Waals surface area contributed by atoms with Crippen molar-refractivity contribution < 1.29 is 4.79 Å². The molecule has 15 heavy (non-hydrogen) atoms. The lowest BCUT2D eigenvalue weighted by molar-refractivity contribution is -0.122. The molecule has 0 aromatic rings. The molecule has 1 rings (SSSR count). The van der Waals surface area contributed by atoms with Gasteiger partial charge in [0.05, 0.1) is 12.6 Å². The summed E-state index contributed by atoms with van der Waals surface area (Å²) in [5.74, 6) is 2.40. The van der Waals surface area contributed by atoms with Crippen LogP contribution in [0.15, 0.2) is 0 Å². The first-order valence-corrected chi connectivity index (χ1v) is 5.71. The van der Waals surface area contributed by atoms with E-state index in [1.54, 1.807) is 0 Å². The van der Waals surface area contributed by atoms with E-state index in [0.29, 0.717) is 12.6 Å². The fraction of sp³-hybridized carbons (Fsp3) is 0.750. The average molecular weight is 208 g/mol. The Morgan fingerprint density at radius 2 is 2.13 bits per heavy atom. The third-order valence-electron chi connectivity index (χ3n) is 2.85. The predicted octanol–water partition coefficient (Wildman–Crippen LogP) is 1.05. The zero-order chi connectivity index (χ0) is 11.1. The van der Waals surface area contributed by atoms with Crippen LogP contribution in [-0.4, -0.2) is 24.5 Å². The van der Waals surface area contributed by atoms with E-state index >= 15 is 0 Å². The van der Waals surface area contributed by atoms with Crippen LogP contribution in [0.2, 0.25) is 0 Å². The van der Waals surface area contributed by atoms with Gasteiger partial charge in [0.15, 0.2) is 0 Å². The molecule has 0 aromatic heterocycles. The molecule has 2 N–H and O–H groups in total. The zero-order valence-electron chi connectivity index (χ0n) is 9.38. The lowest BCUT2D eigenvalue weighted by atomic mass is 9.95. The number of nitrogens with one attached hydrogen (secondary N) is 2. The molecule has 1 unspecified atom stereocenters. The van der Waals surface area contributed by atoms with E-state index < -0.39 is 0 Å². The summed E-state index contributed by atoms with van der Waals surface area (Å²) in [6, 6.07) is 0.367. The van der Waals surface area contributed by atoms with Gasteiger partial charge >= 0.3 is 0 Å². The minimum Gasteiger partial charge on any atom is -0.344 e. The normalized spacial score (nSPS) is 19.2. The molecule has 0 aromatic carbocycles. The molecule has 1 aliphatic carbocycles. The second-order valence-corrected chi connectivity index (χ2v) is 4.15. The zero-order valence-corrected chi connectivity index (χ0v) is 9.38. The molecule has 0 aliphatic heterocycles. The Bertz CT molecular complexity index is 238. The molecule has 0 radical (unpaired) electrons. The van der Waals surface area contributed by atoms with Crippen LogP contribution in [0.25, 0.3) is 0 Å². The summed E-state index contributed by atoms with van der Waals surface area (Å²) in [4.78, 5) is 11.5. The number of rotatable bonds is 4. The van der Waals surface area contributed by atoms with Crippen molar-refractivity contribution >= 4 is 5.91 Å². The third kappa shape index (κ3) is 4.35. The summed E-state index contributed by atoms with van der Waals surface area (Å²) in [5, 5.41) is 6.03. The van der Waals surface area contributed by atoms with E-state index in [2.05, 4.69) is 16.6 Å². The smallest absolute Gasteiger partial charge is 0.237 e. The summed E-state index contributed by atoms with van der Waals surface area (Å²) in [5.41, 5.74) is 0. The minimum absolute atomic E-state index is 0.00137. The number of carbonyl (C=O) groups is 1. The van der Waals surface area contributed by atoms with Gasteiger partial charge in [-0.2, -0.15) is 0 Å². The van der Waals surface area contributed by atoms with E-state index in [1.807, 2.05) is 6.92 Å². The number of hydrogen-bond acceptors (Lipinski definition) is 2. The third-order valence-corrected chi connectivity index (χ3v) is 2.85. The lowest BCUT2D eigenvalue weighted by Gasteiger charge is -2.25. The van der Waals surface area contributed by atoms with Crippen LogP contribution in [-0.2, 0) is 4.79 Å². The highest BCUT2D eigenvalue weighted by molar-refractivity contribution is 5.81. The Kier molecular flexibility index (Phi) is 5.20. The van der Waals surface area contributed by atoms with E-state index in [9.17, 15) is 4.79 Å². The largest absolute Gasteiger partial charge is 0.344 e. The van der Waals surface area contributed by atoms with Crippen LogP contribution in [0.5, 0.6) is 0 Å². The first kappa shape index (κ1) is 12.1. The maximum atomic E-state index is 11.5. The monoisotopic (exact) mass is 208 g/mol. The van der Waals surface area contributed by atoms with Crippen molar-refractivity contribution in [3.05, 3.63) is 0 Å². The van der Waals surface area contributed by atoms with Gasteiger partial charge in [-0.1, -0.05) is 25.2 Å². The van der Waals surface area contributed by atoms with Gasteiger partial charge in [-0.15, -0.1) is 6.42 Å². The number of hydrogen-bond donors (Lipinski definition) is 2. The quantitative estimate of drug-likeness (QED) is 0.678. The molecule has 0 heterocycles. The standard InChI is InChI=1S/C12H20N2O/c1-3-9-13-12(15)10(2)14-11-7-5-4-6-8-11/h1,10-11,14H,4-9H2,2H3,(H,13,15). The van der Waals surface area contributed by atoms with Gasteiger partial charge < -0.3 is 10.6 Å². The second-order valence-electron chi connectivity index (χ2n) is 4.15. The number of carbonyl (C=O) groups excluding carboxylic acids is 1. The molecule has 1 atom stereocenters. The highest BCUT2D eigenvalue weighted by Crippen LogP contribution is 2.17. The van der Waals surface area contributed by atoms with Crippen molar-refractivity contribution in [3.8, 4) is 12.3 Å². The maximum absolute atomic E-state index is 11.5. The molecule has 84 valence electrons. The number of terminal acetylenes is 1. The average Bonchev–Trinajstić information content (AvgIpc) is 2.27. The molecule has 3 heteroatoms. The molecule has 1 amide bonds. The summed E-state index contributed by atoms with van der Waals surface area (Å²) in [7, 11) is 0. The molecule has 0 bridgehead atoms. The molecular weight excluding hydrogens is 188 g/mol. The lowest BCUT2D eigenvalue weighted by Crippen LogP contribution is -2.47. The summed E-state index contributed by atoms with van der Waals surface area (Å²) in [6.07, 6.45) is 11.3. The maximum Gasteiger partial charge on any atom is 0.237 e. The van der Waals surface area contributed by atoms with Crippen LogP contribution in [0.1, 0.15) is 39.0 Å². The van der Waals surface area contributed by atoms with Crippen LogP contribution in [0.3, 0.4) is 0 Å². The van der Waals surface area contributed by atoms with Gasteiger partial charge in [0.1, 0.15) is 0 Å². The van der Waals surface area contributed by atoms with Gasteiger partial charge in [0.2, 0.25) is 5.91 Å². The number of amides is 1. The molecule has 0 saturated heterocycles. The fourth-order valence-corrected chi connectivity index (χ4v) is 1.99. The summed E-state index contributed by atoms with van der Waals surface area (Å²) < 4.78 is 0. The van der Waals surface area contributed by atoms with Gasteiger partial charge in [0, 0.05) is 6.04 Å².